The molecule has 0 bridgehead atoms. The lowest BCUT2D eigenvalue weighted by Gasteiger charge is -2.61. The van der Waals surface area contributed by atoms with Crippen molar-refractivity contribution >= 4 is 5.78 Å². The third kappa shape index (κ3) is 1.94. The van der Waals surface area contributed by atoms with E-state index in [0.717, 1.165) is 32.1 Å². The molecule has 134 valence electrons. The molecule has 24 heavy (non-hydrogen) atoms. The highest BCUT2D eigenvalue weighted by Gasteiger charge is 2.64. The summed E-state index contributed by atoms with van der Waals surface area (Å²) in [6.07, 6.45) is 6.69. The van der Waals surface area contributed by atoms with Crippen molar-refractivity contribution in [2.45, 2.75) is 77.9 Å². The summed E-state index contributed by atoms with van der Waals surface area (Å²) in [7, 11) is 0. The Morgan fingerprint density at radius 3 is 2.50 bits per heavy atom. The number of hydrogen-bond donors (Lipinski definition) is 2. The summed E-state index contributed by atoms with van der Waals surface area (Å²) in [5.74, 6) is 2.14. The van der Waals surface area contributed by atoms with Crippen LogP contribution < -0.4 is 0 Å². The molecule has 0 spiro atoms. The first-order chi connectivity index (χ1) is 11.1. The number of carbonyl (C=O) groups excluding carboxylic acids is 1. The van der Waals surface area contributed by atoms with Crippen molar-refractivity contribution in [3.05, 3.63) is 11.6 Å². The summed E-state index contributed by atoms with van der Waals surface area (Å²) in [6, 6.07) is 0. The van der Waals surface area contributed by atoms with Crippen LogP contribution in [0, 0.1) is 34.5 Å². The summed E-state index contributed by atoms with van der Waals surface area (Å²) < 4.78 is 0. The highest BCUT2D eigenvalue weighted by Crippen LogP contribution is 2.68. The van der Waals surface area contributed by atoms with E-state index < -0.39 is 11.7 Å². The molecule has 0 aromatic rings. The fourth-order valence-electron chi connectivity index (χ4n) is 7.21. The van der Waals surface area contributed by atoms with Gasteiger partial charge >= 0.3 is 0 Å². The zero-order valence-electron chi connectivity index (χ0n) is 15.5. The number of hydrogen-bond acceptors (Lipinski definition) is 3. The maximum Gasteiger partial charge on any atom is 0.184 e. The van der Waals surface area contributed by atoms with Crippen LogP contribution in [0.4, 0.5) is 0 Å². The molecule has 0 aromatic heterocycles. The number of aliphatic hydroxyl groups is 2. The molecule has 0 heterocycles. The van der Waals surface area contributed by atoms with Crippen LogP contribution in [0.5, 0.6) is 0 Å². The minimum atomic E-state index is -0.826. The van der Waals surface area contributed by atoms with Gasteiger partial charge in [-0.1, -0.05) is 26.3 Å². The third-order valence-electron chi connectivity index (χ3n) is 8.91. The predicted molar refractivity (Wildman–Crippen MR) is 93.3 cm³/mol. The maximum absolute atomic E-state index is 12.0. The fraction of sp³-hybridized carbons (Fsp3) is 0.857. The Balaban J connectivity index is 1.75. The van der Waals surface area contributed by atoms with Gasteiger partial charge in [0.2, 0.25) is 0 Å². The zero-order valence-corrected chi connectivity index (χ0v) is 15.5. The molecule has 3 fully saturated rings. The van der Waals surface area contributed by atoms with Gasteiger partial charge in [-0.25, -0.2) is 0 Å². The Morgan fingerprint density at radius 1 is 1.12 bits per heavy atom. The van der Waals surface area contributed by atoms with Gasteiger partial charge in [-0.05, 0) is 86.0 Å². The molecule has 3 saturated carbocycles. The summed E-state index contributed by atoms with van der Waals surface area (Å²) in [5.41, 5.74) is 0.699. The van der Waals surface area contributed by atoms with Crippen LogP contribution in [0.3, 0.4) is 0 Å². The Kier molecular flexibility index (Phi) is 3.46. The molecular weight excluding hydrogens is 300 g/mol. The molecule has 4 aliphatic carbocycles. The van der Waals surface area contributed by atoms with Gasteiger partial charge in [0.1, 0.15) is 6.10 Å². The Morgan fingerprint density at radius 2 is 1.79 bits per heavy atom. The average Bonchev–Trinajstić information content (AvgIpc) is 2.73. The smallest absolute Gasteiger partial charge is 0.184 e. The molecule has 0 aliphatic heterocycles. The van der Waals surface area contributed by atoms with Crippen LogP contribution >= 0.6 is 0 Å². The molecule has 2 unspecified atom stereocenters. The van der Waals surface area contributed by atoms with Crippen LogP contribution in [0.15, 0.2) is 11.6 Å². The third-order valence-corrected chi connectivity index (χ3v) is 8.91. The number of carbonyl (C=O) groups is 1. The Bertz CT molecular complexity index is 606. The fourth-order valence-corrected chi connectivity index (χ4v) is 7.21. The van der Waals surface area contributed by atoms with Gasteiger partial charge in [0.05, 0.1) is 5.60 Å². The van der Waals surface area contributed by atoms with E-state index in [1.54, 1.807) is 6.08 Å². The lowest BCUT2D eigenvalue weighted by Crippen LogP contribution is -2.57. The largest absolute Gasteiger partial charge is 0.390 e. The van der Waals surface area contributed by atoms with E-state index in [0.29, 0.717) is 30.1 Å². The lowest BCUT2D eigenvalue weighted by atomic mass is 9.44. The van der Waals surface area contributed by atoms with E-state index >= 15 is 0 Å². The number of fused-ring (bicyclic) bond motifs is 5. The molecule has 4 aliphatic rings. The number of aliphatic hydroxyl groups excluding tert-OH is 1. The first-order valence-corrected chi connectivity index (χ1v) is 9.75. The highest BCUT2D eigenvalue weighted by atomic mass is 16.3. The summed E-state index contributed by atoms with van der Waals surface area (Å²) in [4.78, 5) is 12.0. The second-order valence-electron chi connectivity index (χ2n) is 9.95. The monoisotopic (exact) mass is 332 g/mol. The molecule has 4 rings (SSSR count). The second-order valence-corrected chi connectivity index (χ2v) is 9.95. The van der Waals surface area contributed by atoms with Crippen molar-refractivity contribution < 1.29 is 15.0 Å². The molecule has 0 aromatic carbocycles. The van der Waals surface area contributed by atoms with E-state index in [9.17, 15) is 15.0 Å². The zero-order chi connectivity index (χ0) is 17.5. The summed E-state index contributed by atoms with van der Waals surface area (Å²) in [6.45, 7) is 8.97. The number of rotatable bonds is 0. The molecule has 0 radical (unpaired) electrons. The van der Waals surface area contributed by atoms with Crippen molar-refractivity contribution in [2.24, 2.45) is 34.5 Å². The van der Waals surface area contributed by atoms with Gasteiger partial charge < -0.3 is 10.2 Å². The predicted octanol–water partition coefficient (Wildman–Crippen LogP) is 3.49. The second kappa shape index (κ2) is 4.94. The van der Waals surface area contributed by atoms with Crippen LogP contribution in [0.25, 0.3) is 0 Å². The Labute approximate surface area is 145 Å². The molecule has 0 amide bonds. The van der Waals surface area contributed by atoms with Gasteiger partial charge in [0, 0.05) is 0 Å². The SMILES string of the molecule is CC1CC2=CC(=O)C(O)C[C@]2(C)[C@H]2CC[C@@]3(C)[C@@H](CC[C@]3(C)O)[C@H]12. The number of allylic oxidation sites excluding steroid dienone is 1. The van der Waals surface area contributed by atoms with Crippen molar-refractivity contribution in [3.8, 4) is 0 Å². The highest BCUT2D eigenvalue weighted by molar-refractivity contribution is 5.95. The van der Waals surface area contributed by atoms with Crippen LogP contribution in [-0.2, 0) is 4.79 Å². The molecular formula is C21H32O3. The van der Waals surface area contributed by atoms with Gasteiger partial charge in [0.25, 0.3) is 0 Å². The van der Waals surface area contributed by atoms with Gasteiger partial charge in [-0.15, -0.1) is 0 Å². The minimum absolute atomic E-state index is 0.0170. The Hall–Kier alpha value is -0.670. The van der Waals surface area contributed by atoms with Gasteiger partial charge in [-0.2, -0.15) is 0 Å². The van der Waals surface area contributed by atoms with Crippen LogP contribution in [-0.4, -0.2) is 27.7 Å². The van der Waals surface area contributed by atoms with E-state index in [1.165, 1.54) is 5.57 Å². The van der Waals surface area contributed by atoms with Crippen LogP contribution in [0.1, 0.15) is 66.2 Å². The molecule has 8 atom stereocenters. The standard InChI is InChI=1S/C21H32O3/c1-12-9-13-10-16(22)17(23)11-19(13,2)14-5-7-20(3)15(18(12)14)6-8-21(20,4)24/h10,12,14-15,17-18,23-24H,5-9,11H2,1-4H3/t12?,14-,15-,17?,18+,19-,20-,21-/m0/s1. The molecule has 3 nitrogen and oxygen atoms in total. The number of ketones is 1. The van der Waals surface area contributed by atoms with E-state index in [-0.39, 0.29) is 16.6 Å². The van der Waals surface area contributed by atoms with Crippen molar-refractivity contribution in [1.82, 2.24) is 0 Å². The lowest BCUT2D eigenvalue weighted by molar-refractivity contribution is -0.140. The molecule has 2 N–H and O–H groups in total. The van der Waals surface area contributed by atoms with Crippen molar-refractivity contribution in [2.75, 3.05) is 0 Å². The van der Waals surface area contributed by atoms with Gasteiger partial charge in [-0.3, -0.25) is 4.79 Å². The quantitative estimate of drug-likeness (QED) is 0.714. The topological polar surface area (TPSA) is 57.5 Å². The van der Waals surface area contributed by atoms with E-state index in [1.807, 2.05) is 6.92 Å². The maximum atomic E-state index is 12.0. The molecule has 3 heteroatoms. The summed E-state index contributed by atoms with van der Waals surface area (Å²) >= 11 is 0. The first-order valence-electron chi connectivity index (χ1n) is 9.75. The minimum Gasteiger partial charge on any atom is -0.390 e. The van der Waals surface area contributed by atoms with E-state index in [4.69, 9.17) is 0 Å². The first kappa shape index (κ1) is 16.8. The van der Waals surface area contributed by atoms with Crippen molar-refractivity contribution in [1.29, 1.82) is 0 Å². The average molecular weight is 332 g/mol. The van der Waals surface area contributed by atoms with E-state index in [2.05, 4.69) is 20.8 Å². The summed E-state index contributed by atoms with van der Waals surface area (Å²) in [5, 5.41) is 21.2. The normalized spacial score (nSPS) is 57.0. The van der Waals surface area contributed by atoms with Crippen molar-refractivity contribution in [3.63, 3.8) is 0 Å². The van der Waals surface area contributed by atoms with Crippen LogP contribution in [0.2, 0.25) is 0 Å². The van der Waals surface area contributed by atoms with Gasteiger partial charge in [0.15, 0.2) is 5.78 Å². The molecule has 0 saturated heterocycles.